The molecule has 0 spiro atoms. The van der Waals surface area contributed by atoms with Gasteiger partial charge < -0.3 is 9.47 Å². The fourth-order valence-corrected chi connectivity index (χ4v) is 0.574. The lowest BCUT2D eigenvalue weighted by atomic mass is 9.97. The molecule has 0 bridgehead atoms. The van der Waals surface area contributed by atoms with E-state index in [-0.39, 0.29) is 6.61 Å². The summed E-state index contributed by atoms with van der Waals surface area (Å²) in [5, 5.41) is -0.595. The van der Waals surface area contributed by atoms with Crippen LogP contribution < -0.4 is 0 Å². The van der Waals surface area contributed by atoms with E-state index in [4.69, 9.17) is 16.3 Å². The maximum absolute atomic E-state index is 11.0. The molecule has 0 rings (SSSR count). The van der Waals surface area contributed by atoms with Gasteiger partial charge in [0.1, 0.15) is 6.61 Å². The predicted octanol–water partition coefficient (Wildman–Crippen LogP) is 0.884. The van der Waals surface area contributed by atoms with Crippen molar-refractivity contribution in [3.05, 3.63) is 0 Å². The molecule has 0 amide bonds. The summed E-state index contributed by atoms with van der Waals surface area (Å²) in [6.45, 7) is 3.67. The van der Waals surface area contributed by atoms with Crippen LogP contribution in [0.2, 0.25) is 0 Å². The van der Waals surface area contributed by atoms with E-state index in [1.54, 1.807) is 13.8 Å². The largest absolute Gasteiger partial charge is 0.462 e. The molecule has 0 saturated heterocycles. The first-order valence-corrected chi connectivity index (χ1v) is 4.62. The quantitative estimate of drug-likeness (QED) is 0.524. The van der Waals surface area contributed by atoms with Crippen molar-refractivity contribution >= 4 is 28.8 Å². The SMILES string of the molecule is CC(=O)OCC(=O)OCC(C)(C)C(=O)Cl. The molecular formula is C9H13ClO5. The van der Waals surface area contributed by atoms with Crippen molar-refractivity contribution in [3.63, 3.8) is 0 Å². The standard InChI is InChI=1S/C9H13ClO5/c1-6(11)14-4-7(12)15-5-9(2,3)8(10)13/h4-5H2,1-3H3. The minimum Gasteiger partial charge on any atom is -0.462 e. The Morgan fingerprint density at radius 2 is 1.73 bits per heavy atom. The number of rotatable bonds is 5. The van der Waals surface area contributed by atoms with E-state index in [1.165, 1.54) is 6.92 Å². The minimum atomic E-state index is -0.937. The molecule has 0 N–H and O–H groups in total. The van der Waals surface area contributed by atoms with Crippen molar-refractivity contribution in [3.8, 4) is 0 Å². The van der Waals surface area contributed by atoms with Crippen LogP contribution in [0.25, 0.3) is 0 Å². The number of esters is 2. The van der Waals surface area contributed by atoms with Crippen molar-refractivity contribution in [2.24, 2.45) is 5.41 Å². The molecule has 6 heteroatoms. The summed E-state index contributed by atoms with van der Waals surface area (Å²) in [6, 6.07) is 0. The lowest BCUT2D eigenvalue weighted by Crippen LogP contribution is -2.29. The molecule has 0 aromatic carbocycles. The number of hydrogen-bond acceptors (Lipinski definition) is 5. The summed E-state index contributed by atoms with van der Waals surface area (Å²) in [5.74, 6) is -1.28. The van der Waals surface area contributed by atoms with Crippen LogP contribution >= 0.6 is 11.6 Å². The normalized spacial score (nSPS) is 10.7. The molecule has 0 aliphatic carbocycles. The highest BCUT2D eigenvalue weighted by Gasteiger charge is 2.27. The molecule has 0 atom stereocenters. The van der Waals surface area contributed by atoms with Crippen molar-refractivity contribution in [2.75, 3.05) is 13.2 Å². The molecule has 0 heterocycles. The highest BCUT2D eigenvalue weighted by Crippen LogP contribution is 2.19. The van der Waals surface area contributed by atoms with Crippen LogP contribution in [0.5, 0.6) is 0 Å². The Hall–Kier alpha value is -1.10. The Kier molecular flexibility index (Phi) is 5.28. The van der Waals surface area contributed by atoms with Crippen LogP contribution in [-0.4, -0.2) is 30.4 Å². The topological polar surface area (TPSA) is 69.7 Å². The van der Waals surface area contributed by atoms with Crippen molar-refractivity contribution in [2.45, 2.75) is 20.8 Å². The Morgan fingerprint density at radius 3 is 2.13 bits per heavy atom. The van der Waals surface area contributed by atoms with E-state index >= 15 is 0 Å². The van der Waals surface area contributed by atoms with Crippen LogP contribution in [0.3, 0.4) is 0 Å². The summed E-state index contributed by atoms with van der Waals surface area (Å²) in [6.07, 6.45) is 0. The molecule has 0 unspecified atom stereocenters. The molecule has 5 nitrogen and oxygen atoms in total. The summed E-state index contributed by atoms with van der Waals surface area (Å²) in [5.41, 5.74) is -0.937. The molecule has 0 fully saturated rings. The number of hydrogen-bond donors (Lipinski definition) is 0. The monoisotopic (exact) mass is 236 g/mol. The Labute approximate surface area is 92.7 Å². The van der Waals surface area contributed by atoms with Gasteiger partial charge in [-0.25, -0.2) is 4.79 Å². The summed E-state index contributed by atoms with van der Waals surface area (Å²) in [4.78, 5) is 32.1. The highest BCUT2D eigenvalue weighted by molar-refractivity contribution is 6.64. The van der Waals surface area contributed by atoms with E-state index in [9.17, 15) is 14.4 Å². The van der Waals surface area contributed by atoms with E-state index in [2.05, 4.69) is 4.74 Å². The molecule has 86 valence electrons. The molecule has 0 aliphatic heterocycles. The minimum absolute atomic E-state index is 0.143. The second-order valence-corrected chi connectivity index (χ2v) is 3.94. The number of ether oxygens (including phenoxy) is 2. The van der Waals surface area contributed by atoms with Crippen LogP contribution in [0.15, 0.2) is 0 Å². The zero-order chi connectivity index (χ0) is 12.1. The lowest BCUT2D eigenvalue weighted by molar-refractivity contribution is -0.160. The van der Waals surface area contributed by atoms with Gasteiger partial charge in [-0.3, -0.25) is 9.59 Å². The molecule has 0 radical (unpaired) electrons. The zero-order valence-electron chi connectivity index (χ0n) is 8.83. The fourth-order valence-electron chi connectivity index (χ4n) is 0.520. The van der Waals surface area contributed by atoms with E-state index < -0.39 is 29.2 Å². The third-order valence-electron chi connectivity index (χ3n) is 1.52. The average molecular weight is 237 g/mol. The van der Waals surface area contributed by atoms with Crippen molar-refractivity contribution in [1.82, 2.24) is 0 Å². The number of carbonyl (C=O) groups excluding carboxylic acids is 3. The predicted molar refractivity (Wildman–Crippen MR) is 52.2 cm³/mol. The van der Waals surface area contributed by atoms with Gasteiger partial charge in [0.15, 0.2) is 6.61 Å². The third kappa shape index (κ3) is 6.06. The van der Waals surface area contributed by atoms with Gasteiger partial charge in [0.25, 0.3) is 0 Å². The van der Waals surface area contributed by atoms with E-state index in [0.717, 1.165) is 0 Å². The van der Waals surface area contributed by atoms with Crippen LogP contribution in [0, 0.1) is 5.41 Å². The van der Waals surface area contributed by atoms with Crippen molar-refractivity contribution < 1.29 is 23.9 Å². The molecule has 0 aliphatic rings. The summed E-state index contributed by atoms with van der Waals surface area (Å²) < 4.78 is 9.10. The van der Waals surface area contributed by atoms with Crippen molar-refractivity contribution in [1.29, 1.82) is 0 Å². The van der Waals surface area contributed by atoms with Gasteiger partial charge in [-0.2, -0.15) is 0 Å². The molecule has 0 aromatic heterocycles. The lowest BCUT2D eigenvalue weighted by Gasteiger charge is -2.18. The summed E-state index contributed by atoms with van der Waals surface area (Å²) >= 11 is 5.26. The smallest absolute Gasteiger partial charge is 0.344 e. The van der Waals surface area contributed by atoms with Gasteiger partial charge in [-0.05, 0) is 25.4 Å². The molecule has 0 aromatic rings. The molecule has 0 saturated carbocycles. The van der Waals surface area contributed by atoms with Crippen LogP contribution in [0.1, 0.15) is 20.8 Å². The maximum atomic E-state index is 11.0. The van der Waals surface area contributed by atoms with Gasteiger partial charge >= 0.3 is 11.9 Å². The van der Waals surface area contributed by atoms with E-state index in [0.29, 0.717) is 0 Å². The average Bonchev–Trinajstić information content (AvgIpc) is 2.11. The second kappa shape index (κ2) is 5.70. The molecular weight excluding hydrogens is 224 g/mol. The number of halogens is 1. The third-order valence-corrected chi connectivity index (χ3v) is 2.03. The molecule has 15 heavy (non-hydrogen) atoms. The van der Waals surface area contributed by atoms with Gasteiger partial charge in [-0.1, -0.05) is 0 Å². The van der Waals surface area contributed by atoms with Gasteiger partial charge in [0, 0.05) is 6.92 Å². The second-order valence-electron chi connectivity index (χ2n) is 3.60. The first kappa shape index (κ1) is 13.9. The first-order valence-electron chi connectivity index (χ1n) is 4.24. The Bertz CT molecular complexity index is 272. The van der Waals surface area contributed by atoms with Gasteiger partial charge in [0.05, 0.1) is 5.41 Å². The Balaban J connectivity index is 3.90. The van der Waals surface area contributed by atoms with Gasteiger partial charge in [0.2, 0.25) is 5.24 Å². The first-order chi connectivity index (χ1) is 6.75. The summed E-state index contributed by atoms with van der Waals surface area (Å²) in [7, 11) is 0. The zero-order valence-corrected chi connectivity index (χ0v) is 9.59. The van der Waals surface area contributed by atoms with Crippen LogP contribution in [0.4, 0.5) is 0 Å². The van der Waals surface area contributed by atoms with Gasteiger partial charge in [-0.15, -0.1) is 0 Å². The van der Waals surface area contributed by atoms with E-state index in [1.807, 2.05) is 0 Å². The fraction of sp³-hybridized carbons (Fsp3) is 0.667. The highest BCUT2D eigenvalue weighted by atomic mass is 35.5. The maximum Gasteiger partial charge on any atom is 0.344 e. The van der Waals surface area contributed by atoms with Crippen LogP contribution in [-0.2, 0) is 23.9 Å². The number of carbonyl (C=O) groups is 3. The Morgan fingerprint density at radius 1 is 1.20 bits per heavy atom.